The van der Waals surface area contributed by atoms with Crippen molar-refractivity contribution in [3.05, 3.63) is 12.3 Å². The molecule has 2 aliphatic rings. The normalized spacial score (nSPS) is 23.2. The van der Waals surface area contributed by atoms with E-state index >= 15 is 0 Å². The first-order valence-electron chi connectivity index (χ1n) is 7.52. The standard InChI is InChI=1S/C15H23BN2O3/c1-14(2)15(3,4)21-16(20-14)12-8-11(19-10-6-7-10)9-18-13(12)17-5/h8-10H,6-7H2,1-5H3,(H,17,18). The van der Waals surface area contributed by atoms with E-state index in [2.05, 4.69) is 10.3 Å². The SMILES string of the molecule is CNc1ncc(OC2CC2)cc1B1OC(C)(C)C(C)(C)O1. The van der Waals surface area contributed by atoms with Gasteiger partial charge in [0.15, 0.2) is 0 Å². The van der Waals surface area contributed by atoms with Gasteiger partial charge < -0.3 is 19.4 Å². The minimum atomic E-state index is -0.437. The molecule has 1 aliphatic carbocycles. The summed E-state index contributed by atoms with van der Waals surface area (Å²) in [5.41, 5.74) is 0.154. The van der Waals surface area contributed by atoms with Crippen LogP contribution >= 0.6 is 0 Å². The molecule has 5 nitrogen and oxygen atoms in total. The summed E-state index contributed by atoms with van der Waals surface area (Å²) < 4.78 is 18.0. The van der Waals surface area contributed by atoms with Crippen LogP contribution in [0.25, 0.3) is 0 Å². The van der Waals surface area contributed by atoms with Crippen LogP contribution in [0.2, 0.25) is 0 Å². The van der Waals surface area contributed by atoms with Crippen molar-refractivity contribution in [3.8, 4) is 5.75 Å². The fraction of sp³-hybridized carbons (Fsp3) is 0.667. The number of hydrogen-bond donors (Lipinski definition) is 1. The lowest BCUT2D eigenvalue weighted by atomic mass is 9.79. The van der Waals surface area contributed by atoms with Crippen molar-refractivity contribution in [1.82, 2.24) is 4.98 Å². The Labute approximate surface area is 126 Å². The highest BCUT2D eigenvalue weighted by Gasteiger charge is 2.52. The minimum absolute atomic E-state index is 0.346. The Morgan fingerprint density at radius 2 is 1.86 bits per heavy atom. The van der Waals surface area contributed by atoms with Crippen molar-refractivity contribution >= 4 is 18.4 Å². The van der Waals surface area contributed by atoms with Crippen LogP contribution < -0.4 is 15.5 Å². The summed E-state index contributed by atoms with van der Waals surface area (Å²) in [6.45, 7) is 8.18. The van der Waals surface area contributed by atoms with Crippen LogP contribution in [0.15, 0.2) is 12.3 Å². The molecular weight excluding hydrogens is 267 g/mol. The highest BCUT2D eigenvalue weighted by atomic mass is 16.7. The monoisotopic (exact) mass is 290 g/mol. The van der Waals surface area contributed by atoms with Gasteiger partial charge in [-0.1, -0.05) is 0 Å². The van der Waals surface area contributed by atoms with Gasteiger partial charge in [0.1, 0.15) is 11.6 Å². The number of nitrogens with one attached hydrogen (secondary N) is 1. The van der Waals surface area contributed by atoms with Crippen molar-refractivity contribution in [2.45, 2.75) is 57.8 Å². The first-order chi connectivity index (χ1) is 9.82. The summed E-state index contributed by atoms with van der Waals surface area (Å²) in [7, 11) is 1.41. The molecule has 0 unspecified atom stereocenters. The second-order valence-corrected chi connectivity index (χ2v) is 6.76. The van der Waals surface area contributed by atoms with Crippen LogP contribution in [-0.4, -0.2) is 36.5 Å². The molecule has 0 amide bonds. The first kappa shape index (κ1) is 14.7. The number of nitrogens with zero attached hydrogens (tertiary/aromatic N) is 1. The lowest BCUT2D eigenvalue weighted by molar-refractivity contribution is 0.00578. The average molecular weight is 290 g/mol. The maximum atomic E-state index is 6.11. The molecule has 2 fully saturated rings. The van der Waals surface area contributed by atoms with Crippen LogP contribution in [0.4, 0.5) is 5.82 Å². The zero-order valence-electron chi connectivity index (χ0n) is 13.4. The Hall–Kier alpha value is -1.27. The van der Waals surface area contributed by atoms with Gasteiger partial charge >= 0.3 is 7.12 Å². The van der Waals surface area contributed by atoms with Gasteiger partial charge in [-0.2, -0.15) is 0 Å². The fourth-order valence-electron chi connectivity index (χ4n) is 2.26. The topological polar surface area (TPSA) is 52.6 Å². The number of anilines is 1. The van der Waals surface area contributed by atoms with Crippen molar-refractivity contribution in [2.75, 3.05) is 12.4 Å². The van der Waals surface area contributed by atoms with E-state index in [0.29, 0.717) is 6.10 Å². The van der Waals surface area contributed by atoms with Gasteiger partial charge in [-0.3, -0.25) is 0 Å². The maximum Gasteiger partial charge on any atom is 0.498 e. The first-order valence-corrected chi connectivity index (χ1v) is 7.52. The van der Waals surface area contributed by atoms with Crippen LogP contribution in [0.5, 0.6) is 5.75 Å². The Morgan fingerprint density at radius 3 is 2.38 bits per heavy atom. The van der Waals surface area contributed by atoms with Gasteiger partial charge in [0.25, 0.3) is 0 Å². The number of ether oxygens (including phenoxy) is 1. The van der Waals surface area contributed by atoms with E-state index in [9.17, 15) is 0 Å². The van der Waals surface area contributed by atoms with Gasteiger partial charge in [0.2, 0.25) is 0 Å². The number of aromatic nitrogens is 1. The fourth-order valence-corrected chi connectivity index (χ4v) is 2.26. The maximum absolute atomic E-state index is 6.11. The Morgan fingerprint density at radius 1 is 1.24 bits per heavy atom. The summed E-state index contributed by atoms with van der Waals surface area (Å²) >= 11 is 0. The Bertz CT molecular complexity index is 528. The number of rotatable bonds is 4. The molecule has 1 saturated heterocycles. The van der Waals surface area contributed by atoms with E-state index < -0.39 is 7.12 Å². The molecule has 21 heavy (non-hydrogen) atoms. The molecular formula is C15H23BN2O3. The van der Waals surface area contributed by atoms with E-state index in [0.717, 1.165) is 29.9 Å². The molecule has 1 saturated carbocycles. The van der Waals surface area contributed by atoms with Crippen molar-refractivity contribution in [1.29, 1.82) is 0 Å². The molecule has 1 aromatic rings. The molecule has 0 spiro atoms. The summed E-state index contributed by atoms with van der Waals surface area (Å²) in [6.07, 6.45) is 4.34. The van der Waals surface area contributed by atoms with E-state index in [1.54, 1.807) is 6.20 Å². The highest BCUT2D eigenvalue weighted by Crippen LogP contribution is 2.37. The zero-order valence-corrected chi connectivity index (χ0v) is 13.4. The summed E-state index contributed by atoms with van der Waals surface area (Å²) in [4.78, 5) is 4.42. The van der Waals surface area contributed by atoms with E-state index in [1.807, 2.05) is 40.8 Å². The number of hydrogen-bond acceptors (Lipinski definition) is 5. The van der Waals surface area contributed by atoms with E-state index in [-0.39, 0.29) is 11.2 Å². The Kier molecular flexibility index (Phi) is 3.41. The molecule has 114 valence electrons. The van der Waals surface area contributed by atoms with E-state index in [4.69, 9.17) is 14.0 Å². The third-order valence-electron chi connectivity index (χ3n) is 4.46. The second-order valence-electron chi connectivity index (χ2n) is 6.76. The average Bonchev–Trinajstić information content (AvgIpc) is 3.17. The van der Waals surface area contributed by atoms with Crippen LogP contribution in [0, 0.1) is 0 Å². The third-order valence-corrected chi connectivity index (χ3v) is 4.46. The van der Waals surface area contributed by atoms with Gasteiger partial charge in [-0.15, -0.1) is 0 Å². The molecule has 1 aliphatic heterocycles. The molecule has 1 N–H and O–H groups in total. The van der Waals surface area contributed by atoms with Gasteiger partial charge in [-0.25, -0.2) is 4.98 Å². The Balaban J connectivity index is 1.89. The predicted molar refractivity (Wildman–Crippen MR) is 83.1 cm³/mol. The number of pyridine rings is 1. The molecule has 2 heterocycles. The summed E-state index contributed by atoms with van der Waals surface area (Å²) in [5, 5.41) is 3.10. The lowest BCUT2D eigenvalue weighted by Gasteiger charge is -2.32. The summed E-state index contributed by atoms with van der Waals surface area (Å²) in [5.74, 6) is 1.54. The minimum Gasteiger partial charge on any atom is -0.489 e. The van der Waals surface area contributed by atoms with Gasteiger partial charge in [0, 0.05) is 12.5 Å². The summed E-state index contributed by atoms with van der Waals surface area (Å²) in [6, 6.07) is 1.97. The van der Waals surface area contributed by atoms with E-state index in [1.165, 1.54) is 0 Å². The van der Waals surface area contributed by atoms with Gasteiger partial charge in [-0.05, 0) is 46.6 Å². The molecule has 1 aromatic heterocycles. The van der Waals surface area contributed by atoms with Crippen molar-refractivity contribution < 1.29 is 14.0 Å². The highest BCUT2D eigenvalue weighted by molar-refractivity contribution is 6.63. The molecule has 0 atom stereocenters. The van der Waals surface area contributed by atoms with Gasteiger partial charge in [0.05, 0.1) is 23.5 Å². The second kappa shape index (κ2) is 4.88. The zero-order chi connectivity index (χ0) is 15.3. The molecule has 6 heteroatoms. The smallest absolute Gasteiger partial charge is 0.489 e. The quantitative estimate of drug-likeness (QED) is 0.859. The lowest BCUT2D eigenvalue weighted by Crippen LogP contribution is -2.41. The predicted octanol–water partition coefficient (Wildman–Crippen LogP) is 1.96. The van der Waals surface area contributed by atoms with Crippen LogP contribution in [0.3, 0.4) is 0 Å². The third kappa shape index (κ3) is 2.74. The molecule has 0 aromatic carbocycles. The van der Waals surface area contributed by atoms with Crippen molar-refractivity contribution in [2.24, 2.45) is 0 Å². The van der Waals surface area contributed by atoms with Crippen LogP contribution in [0.1, 0.15) is 40.5 Å². The molecule has 0 radical (unpaired) electrons. The van der Waals surface area contributed by atoms with Crippen LogP contribution in [-0.2, 0) is 9.31 Å². The largest absolute Gasteiger partial charge is 0.498 e. The molecule has 0 bridgehead atoms. The molecule has 3 rings (SSSR count). The van der Waals surface area contributed by atoms with Crippen molar-refractivity contribution in [3.63, 3.8) is 0 Å².